The third kappa shape index (κ3) is 5.92. The molecule has 0 radical (unpaired) electrons. The number of carbonyl (C=O) groups excluding carboxylic acids is 2. The molecule has 2 aromatic carbocycles. The highest BCUT2D eigenvalue weighted by molar-refractivity contribution is 6.01. The van der Waals surface area contributed by atoms with E-state index in [1.165, 1.54) is 0 Å². The molecule has 8 nitrogen and oxygen atoms in total. The number of likely N-dealkylation sites (tertiary alicyclic amines) is 1. The second-order valence-corrected chi connectivity index (χ2v) is 10.4. The summed E-state index contributed by atoms with van der Waals surface area (Å²) >= 11 is 0. The Morgan fingerprint density at radius 3 is 2.47 bits per heavy atom. The van der Waals surface area contributed by atoms with Crippen LogP contribution in [0.3, 0.4) is 0 Å². The molecule has 5 rings (SSSR count). The Labute approximate surface area is 224 Å². The molecule has 1 aromatic heterocycles. The average Bonchev–Trinajstić information content (AvgIpc) is 3.37. The quantitative estimate of drug-likeness (QED) is 0.310. The van der Waals surface area contributed by atoms with Crippen LogP contribution in [0.25, 0.3) is 10.9 Å². The molecule has 2 aliphatic heterocycles. The maximum atomic E-state index is 13.1. The number of hydrogen-bond donors (Lipinski definition) is 0. The van der Waals surface area contributed by atoms with Gasteiger partial charge in [0, 0.05) is 81.3 Å². The van der Waals surface area contributed by atoms with Gasteiger partial charge in [-0.15, -0.1) is 0 Å². The fourth-order valence-corrected chi connectivity index (χ4v) is 5.59. The Morgan fingerprint density at radius 1 is 1.03 bits per heavy atom. The summed E-state index contributed by atoms with van der Waals surface area (Å²) in [6.07, 6.45) is 5.20. The number of carbonyl (C=O) groups is 2. The van der Waals surface area contributed by atoms with E-state index in [-0.39, 0.29) is 11.7 Å². The number of piperidine rings is 1. The summed E-state index contributed by atoms with van der Waals surface area (Å²) in [6.45, 7) is 8.22. The van der Waals surface area contributed by atoms with E-state index in [1.807, 2.05) is 52.9 Å². The molecule has 0 atom stereocenters. The van der Waals surface area contributed by atoms with Crippen molar-refractivity contribution >= 4 is 28.3 Å². The molecule has 2 saturated heterocycles. The number of ketones is 1. The molecule has 38 heavy (non-hydrogen) atoms. The van der Waals surface area contributed by atoms with E-state index in [2.05, 4.69) is 11.1 Å². The van der Waals surface area contributed by atoms with Crippen molar-refractivity contribution in [1.29, 1.82) is 0 Å². The summed E-state index contributed by atoms with van der Waals surface area (Å²) in [7, 11) is 1.66. The number of morpholine rings is 1. The number of Topliss-reactive ketones (excluding diaryl/α,β-unsaturated/α-hetero) is 1. The second kappa shape index (κ2) is 12.1. The standard InChI is InChI=1S/C30H38N4O4/c1-22-26(29(35)4-3-17-37-2)9-10-28-27(22)21-34(31-28)20-23-11-13-33(14-12-23)30(36)24-5-7-25(8-6-24)32-15-18-38-19-16-32/h5-10,21,23H,3-4,11-20H2,1-2H3. The minimum atomic E-state index is 0.111. The SMILES string of the molecule is COCCCC(=O)c1ccc2nn(CC3CCN(C(=O)c4ccc(N5CCOCC5)cc4)CC3)cc2c1C. The van der Waals surface area contributed by atoms with Crippen LogP contribution in [0.1, 0.15) is 52.0 Å². The molecule has 0 saturated carbocycles. The highest BCUT2D eigenvalue weighted by atomic mass is 16.5. The molecule has 2 aliphatic rings. The lowest BCUT2D eigenvalue weighted by atomic mass is 9.96. The lowest BCUT2D eigenvalue weighted by molar-refractivity contribution is 0.0681. The van der Waals surface area contributed by atoms with Crippen LogP contribution in [-0.4, -0.2) is 79.5 Å². The van der Waals surface area contributed by atoms with Gasteiger partial charge >= 0.3 is 0 Å². The summed E-state index contributed by atoms with van der Waals surface area (Å²) < 4.78 is 12.5. The second-order valence-electron chi connectivity index (χ2n) is 10.4. The summed E-state index contributed by atoms with van der Waals surface area (Å²) in [4.78, 5) is 30.1. The Morgan fingerprint density at radius 2 is 1.76 bits per heavy atom. The molecule has 8 heteroatoms. The van der Waals surface area contributed by atoms with Crippen molar-refractivity contribution in [2.75, 3.05) is 58.0 Å². The fourth-order valence-electron chi connectivity index (χ4n) is 5.59. The maximum absolute atomic E-state index is 13.1. The van der Waals surface area contributed by atoms with Crippen LogP contribution in [0.2, 0.25) is 0 Å². The van der Waals surface area contributed by atoms with E-state index < -0.39 is 0 Å². The highest BCUT2D eigenvalue weighted by Gasteiger charge is 2.25. The summed E-state index contributed by atoms with van der Waals surface area (Å²) in [5.41, 5.74) is 4.59. The monoisotopic (exact) mass is 518 g/mol. The number of benzene rings is 2. The number of rotatable bonds is 9. The van der Waals surface area contributed by atoms with Crippen LogP contribution in [0.4, 0.5) is 5.69 Å². The molecule has 3 heterocycles. The minimum absolute atomic E-state index is 0.111. The third-order valence-corrected chi connectivity index (χ3v) is 7.90. The van der Waals surface area contributed by atoms with Crippen molar-refractivity contribution in [3.63, 3.8) is 0 Å². The van der Waals surface area contributed by atoms with Crippen LogP contribution in [0.5, 0.6) is 0 Å². The van der Waals surface area contributed by atoms with Crippen molar-refractivity contribution in [1.82, 2.24) is 14.7 Å². The highest BCUT2D eigenvalue weighted by Crippen LogP contribution is 2.26. The van der Waals surface area contributed by atoms with E-state index >= 15 is 0 Å². The molecular weight excluding hydrogens is 480 g/mol. The lowest BCUT2D eigenvalue weighted by Gasteiger charge is -2.32. The Kier molecular flexibility index (Phi) is 8.39. The van der Waals surface area contributed by atoms with Gasteiger partial charge in [-0.2, -0.15) is 5.10 Å². The number of nitrogens with zero attached hydrogens (tertiary/aromatic N) is 4. The molecule has 202 valence electrons. The number of amides is 1. The Bertz CT molecular complexity index is 1260. The van der Waals surface area contributed by atoms with Crippen LogP contribution >= 0.6 is 0 Å². The summed E-state index contributed by atoms with van der Waals surface area (Å²) in [5.74, 6) is 0.731. The van der Waals surface area contributed by atoms with E-state index in [0.29, 0.717) is 18.9 Å². The topological polar surface area (TPSA) is 76.9 Å². The van der Waals surface area contributed by atoms with Crippen molar-refractivity contribution in [3.05, 3.63) is 59.3 Å². The van der Waals surface area contributed by atoms with E-state index in [4.69, 9.17) is 14.6 Å². The lowest BCUT2D eigenvalue weighted by Crippen LogP contribution is -2.39. The molecule has 3 aromatic rings. The number of fused-ring (bicyclic) bond motifs is 1. The summed E-state index contributed by atoms with van der Waals surface area (Å²) in [6, 6.07) is 11.9. The average molecular weight is 519 g/mol. The number of aromatic nitrogens is 2. The van der Waals surface area contributed by atoms with Gasteiger partial charge in [-0.3, -0.25) is 14.3 Å². The van der Waals surface area contributed by atoms with Gasteiger partial charge in [-0.1, -0.05) is 0 Å². The first kappa shape index (κ1) is 26.4. The van der Waals surface area contributed by atoms with Crippen LogP contribution < -0.4 is 4.90 Å². The number of methoxy groups -OCH3 is 1. The minimum Gasteiger partial charge on any atom is -0.385 e. The van der Waals surface area contributed by atoms with Crippen molar-refractivity contribution in [2.24, 2.45) is 5.92 Å². The maximum Gasteiger partial charge on any atom is 0.253 e. The Balaban J connectivity index is 1.16. The largest absolute Gasteiger partial charge is 0.385 e. The van der Waals surface area contributed by atoms with Crippen molar-refractivity contribution in [3.8, 4) is 0 Å². The molecule has 0 spiro atoms. The van der Waals surface area contributed by atoms with Gasteiger partial charge in [-0.05, 0) is 74.1 Å². The van der Waals surface area contributed by atoms with Gasteiger partial charge in [0.05, 0.1) is 18.7 Å². The van der Waals surface area contributed by atoms with Crippen LogP contribution in [0.15, 0.2) is 42.6 Å². The molecule has 0 unspecified atom stereocenters. The van der Waals surface area contributed by atoms with Gasteiger partial charge < -0.3 is 19.3 Å². The zero-order chi connectivity index (χ0) is 26.5. The van der Waals surface area contributed by atoms with E-state index in [9.17, 15) is 9.59 Å². The van der Waals surface area contributed by atoms with Crippen LogP contribution in [-0.2, 0) is 16.0 Å². The number of anilines is 1. The fraction of sp³-hybridized carbons (Fsp3) is 0.500. The van der Waals surface area contributed by atoms with Crippen molar-refractivity contribution in [2.45, 2.75) is 39.2 Å². The van der Waals surface area contributed by atoms with Gasteiger partial charge in [0.15, 0.2) is 5.78 Å². The molecule has 2 fully saturated rings. The van der Waals surface area contributed by atoms with E-state index in [0.717, 1.165) is 98.5 Å². The zero-order valence-corrected chi connectivity index (χ0v) is 22.5. The number of hydrogen-bond acceptors (Lipinski definition) is 6. The smallest absolute Gasteiger partial charge is 0.253 e. The normalized spacial score (nSPS) is 16.8. The van der Waals surface area contributed by atoms with Gasteiger partial charge in [0.2, 0.25) is 0 Å². The molecule has 0 aliphatic carbocycles. The predicted octanol–water partition coefficient (Wildman–Crippen LogP) is 4.34. The summed E-state index contributed by atoms with van der Waals surface area (Å²) in [5, 5.41) is 5.82. The van der Waals surface area contributed by atoms with Gasteiger partial charge in [0.1, 0.15) is 0 Å². The molecular formula is C30H38N4O4. The first-order chi connectivity index (χ1) is 18.5. The van der Waals surface area contributed by atoms with Gasteiger partial charge in [0.25, 0.3) is 5.91 Å². The molecule has 1 amide bonds. The van der Waals surface area contributed by atoms with Crippen LogP contribution in [0, 0.1) is 12.8 Å². The Hall–Kier alpha value is -3.23. The van der Waals surface area contributed by atoms with Crippen molar-refractivity contribution < 1.29 is 19.1 Å². The zero-order valence-electron chi connectivity index (χ0n) is 22.5. The molecule has 0 N–H and O–H groups in total. The predicted molar refractivity (Wildman–Crippen MR) is 148 cm³/mol. The first-order valence-corrected chi connectivity index (χ1v) is 13.7. The van der Waals surface area contributed by atoms with E-state index in [1.54, 1.807) is 7.11 Å². The van der Waals surface area contributed by atoms with Gasteiger partial charge in [-0.25, -0.2) is 0 Å². The number of ether oxygens (including phenoxy) is 2. The molecule has 0 bridgehead atoms. The first-order valence-electron chi connectivity index (χ1n) is 13.7. The third-order valence-electron chi connectivity index (χ3n) is 7.90. The number of aryl methyl sites for hydroxylation is 1.